The Morgan fingerprint density at radius 1 is 1.42 bits per heavy atom. The van der Waals surface area contributed by atoms with Gasteiger partial charge in [0.05, 0.1) is 5.92 Å². The van der Waals surface area contributed by atoms with Crippen molar-refractivity contribution in [3.63, 3.8) is 0 Å². The van der Waals surface area contributed by atoms with Crippen LogP contribution in [0.5, 0.6) is 0 Å². The predicted molar refractivity (Wildman–Crippen MR) is 46.5 cm³/mol. The fourth-order valence-corrected chi connectivity index (χ4v) is 2.97. The fourth-order valence-electron chi connectivity index (χ4n) is 2.97. The van der Waals surface area contributed by atoms with Gasteiger partial charge in [-0.3, -0.25) is 4.79 Å². The summed E-state index contributed by atoms with van der Waals surface area (Å²) in [5, 5.41) is 0. The van der Waals surface area contributed by atoms with Crippen molar-refractivity contribution in [1.29, 1.82) is 0 Å². The molecular weight excluding hydrogens is 148 g/mol. The molecular formula is C11H12O. The molecule has 0 aliphatic heterocycles. The minimum Gasteiger partial charge on any atom is -0.298 e. The molecule has 3 rings (SSSR count). The van der Waals surface area contributed by atoms with Crippen molar-refractivity contribution in [3.05, 3.63) is 23.8 Å². The maximum Gasteiger partial charge on any atom is 0.148 e. The first-order chi connectivity index (χ1) is 5.65. The first-order valence-corrected chi connectivity index (χ1v) is 4.56. The number of carbonyl (C=O) groups excluding carboxylic acids is 1. The Morgan fingerprint density at radius 3 is 2.92 bits per heavy atom. The maximum absolute atomic E-state index is 11.7. The predicted octanol–water partition coefficient (Wildman–Crippen LogP) is 1.95. The number of ketones is 1. The molecule has 0 radical (unpaired) electrons. The van der Waals surface area contributed by atoms with Gasteiger partial charge >= 0.3 is 0 Å². The number of hydrogen-bond acceptors (Lipinski definition) is 1. The average molecular weight is 160 g/mol. The zero-order chi connectivity index (χ0) is 8.51. The number of carbonyl (C=O) groups is 1. The second-order valence-electron chi connectivity index (χ2n) is 4.45. The van der Waals surface area contributed by atoms with E-state index in [4.69, 9.17) is 0 Å². The van der Waals surface area contributed by atoms with Crippen LogP contribution in [0.1, 0.15) is 13.8 Å². The Balaban J connectivity index is 2.24. The number of allylic oxidation sites excluding steroid dienone is 4. The van der Waals surface area contributed by atoms with Gasteiger partial charge in [-0.15, -0.1) is 0 Å². The van der Waals surface area contributed by atoms with Crippen LogP contribution in [0.3, 0.4) is 0 Å². The van der Waals surface area contributed by atoms with Gasteiger partial charge in [0.15, 0.2) is 0 Å². The molecule has 1 heteroatoms. The van der Waals surface area contributed by atoms with Crippen molar-refractivity contribution in [2.45, 2.75) is 13.8 Å². The van der Waals surface area contributed by atoms with Gasteiger partial charge in [-0.1, -0.05) is 30.7 Å². The molecule has 0 N–H and O–H groups in total. The molecule has 3 aliphatic rings. The number of rotatable bonds is 0. The van der Waals surface area contributed by atoms with Crippen LogP contribution in [0.15, 0.2) is 23.8 Å². The zero-order valence-electron chi connectivity index (χ0n) is 7.37. The summed E-state index contributed by atoms with van der Waals surface area (Å²) < 4.78 is 0. The topological polar surface area (TPSA) is 17.1 Å². The van der Waals surface area contributed by atoms with E-state index < -0.39 is 0 Å². The summed E-state index contributed by atoms with van der Waals surface area (Å²) in [6, 6.07) is 0. The van der Waals surface area contributed by atoms with Crippen LogP contribution in [-0.2, 0) is 4.79 Å². The second-order valence-corrected chi connectivity index (χ2v) is 4.45. The lowest BCUT2D eigenvalue weighted by Gasteiger charge is -2.19. The normalized spacial score (nSPS) is 53.7. The van der Waals surface area contributed by atoms with Gasteiger partial charge in [0.2, 0.25) is 0 Å². The minimum absolute atomic E-state index is 0.113. The summed E-state index contributed by atoms with van der Waals surface area (Å²) in [4.78, 5) is 11.7. The Hall–Kier alpha value is -0.850. The van der Waals surface area contributed by atoms with E-state index in [1.54, 1.807) is 0 Å². The van der Waals surface area contributed by atoms with Gasteiger partial charge in [0.25, 0.3) is 0 Å². The van der Waals surface area contributed by atoms with Gasteiger partial charge in [0.1, 0.15) is 5.78 Å². The molecule has 0 aromatic carbocycles. The quantitative estimate of drug-likeness (QED) is 0.495. The molecule has 0 amide bonds. The highest BCUT2D eigenvalue weighted by atomic mass is 16.1. The van der Waals surface area contributed by atoms with E-state index in [-0.39, 0.29) is 11.3 Å². The van der Waals surface area contributed by atoms with Crippen LogP contribution in [-0.4, -0.2) is 5.78 Å². The van der Waals surface area contributed by atoms with E-state index in [1.807, 2.05) is 0 Å². The van der Waals surface area contributed by atoms with Gasteiger partial charge in [0, 0.05) is 11.3 Å². The van der Waals surface area contributed by atoms with Crippen molar-refractivity contribution >= 4 is 5.78 Å². The van der Waals surface area contributed by atoms with E-state index in [2.05, 4.69) is 32.1 Å². The number of fused-ring (bicyclic) bond motifs is 2. The summed E-state index contributed by atoms with van der Waals surface area (Å²) in [5.41, 5.74) is 1.63. The minimum atomic E-state index is 0.113. The molecule has 0 aromatic heterocycles. The molecule has 12 heavy (non-hydrogen) atoms. The van der Waals surface area contributed by atoms with Crippen molar-refractivity contribution in [2.75, 3.05) is 0 Å². The Bertz CT molecular complexity index is 337. The zero-order valence-corrected chi connectivity index (χ0v) is 7.37. The highest BCUT2D eigenvalue weighted by Crippen LogP contribution is 2.68. The molecule has 4 unspecified atom stereocenters. The lowest BCUT2D eigenvalue weighted by atomic mass is 9.83. The Morgan fingerprint density at radius 2 is 2.17 bits per heavy atom. The molecule has 0 spiro atoms. The van der Waals surface area contributed by atoms with Crippen molar-refractivity contribution in [3.8, 4) is 0 Å². The first kappa shape index (κ1) is 6.64. The summed E-state index contributed by atoms with van der Waals surface area (Å²) in [5.74, 6) is 1.43. The van der Waals surface area contributed by atoms with Gasteiger partial charge in [-0.05, 0) is 12.8 Å². The standard InChI is InChI=1S/C11H12O/c1-6-5-7-3-4-8-9(10(7)12)11(6,8)2/h3-5,7-9H,1-2H3. The molecule has 0 aromatic rings. The summed E-state index contributed by atoms with van der Waals surface area (Å²) in [7, 11) is 0. The van der Waals surface area contributed by atoms with Crippen LogP contribution in [0.25, 0.3) is 0 Å². The number of Topliss-reactive ketones (excluding diaryl/α,β-unsaturated/α-hetero) is 1. The Kier molecular flexibility index (Phi) is 0.878. The van der Waals surface area contributed by atoms with Crippen LogP contribution in [0.4, 0.5) is 0 Å². The van der Waals surface area contributed by atoms with E-state index in [1.165, 1.54) is 5.57 Å². The molecule has 62 valence electrons. The first-order valence-electron chi connectivity index (χ1n) is 4.56. The summed E-state index contributed by atoms with van der Waals surface area (Å²) in [6.45, 7) is 4.39. The van der Waals surface area contributed by atoms with Crippen molar-refractivity contribution in [2.24, 2.45) is 23.2 Å². The smallest absolute Gasteiger partial charge is 0.148 e. The third kappa shape index (κ3) is 0.465. The monoisotopic (exact) mass is 160 g/mol. The van der Waals surface area contributed by atoms with E-state index in [0.29, 0.717) is 17.6 Å². The molecule has 1 nitrogen and oxygen atoms in total. The Labute approximate surface area is 72.2 Å². The lowest BCUT2D eigenvalue weighted by molar-refractivity contribution is -0.122. The summed E-state index contributed by atoms with van der Waals surface area (Å²) in [6.07, 6.45) is 6.46. The summed E-state index contributed by atoms with van der Waals surface area (Å²) >= 11 is 0. The largest absolute Gasteiger partial charge is 0.298 e. The third-order valence-corrected chi connectivity index (χ3v) is 4.03. The fraction of sp³-hybridized carbons (Fsp3) is 0.545. The molecule has 1 fully saturated rings. The van der Waals surface area contributed by atoms with E-state index in [9.17, 15) is 4.79 Å². The van der Waals surface area contributed by atoms with E-state index in [0.717, 1.165) is 0 Å². The van der Waals surface area contributed by atoms with Crippen LogP contribution >= 0.6 is 0 Å². The number of hydrogen-bond donors (Lipinski definition) is 0. The highest BCUT2D eigenvalue weighted by molar-refractivity contribution is 5.94. The van der Waals surface area contributed by atoms with Crippen molar-refractivity contribution < 1.29 is 4.79 Å². The maximum atomic E-state index is 11.7. The third-order valence-electron chi connectivity index (χ3n) is 4.03. The van der Waals surface area contributed by atoms with Gasteiger partial charge < -0.3 is 0 Å². The highest BCUT2D eigenvalue weighted by Gasteiger charge is 2.67. The van der Waals surface area contributed by atoms with Crippen LogP contribution in [0, 0.1) is 23.2 Å². The lowest BCUT2D eigenvalue weighted by Crippen LogP contribution is -2.22. The second kappa shape index (κ2) is 1.59. The van der Waals surface area contributed by atoms with Crippen molar-refractivity contribution in [1.82, 2.24) is 0 Å². The van der Waals surface area contributed by atoms with Gasteiger partial charge in [-0.2, -0.15) is 0 Å². The van der Waals surface area contributed by atoms with Crippen LogP contribution < -0.4 is 0 Å². The van der Waals surface area contributed by atoms with Gasteiger partial charge in [-0.25, -0.2) is 0 Å². The van der Waals surface area contributed by atoms with E-state index >= 15 is 0 Å². The SMILES string of the molecule is CC1=CC2C=CC3C(C2=O)C13C. The van der Waals surface area contributed by atoms with Crippen LogP contribution in [0.2, 0.25) is 0 Å². The molecule has 2 bridgehead atoms. The molecule has 0 saturated heterocycles. The molecule has 1 saturated carbocycles. The average Bonchev–Trinajstić information content (AvgIpc) is 2.66. The molecule has 4 atom stereocenters. The molecule has 0 heterocycles. The molecule has 3 aliphatic carbocycles.